The molecule has 150 valence electrons. The quantitative estimate of drug-likeness (QED) is 0.263. The molecule has 1 aromatic rings. The fraction of sp³-hybridized carbons (Fsp3) is 0.737. The van der Waals surface area contributed by atoms with Crippen molar-refractivity contribution in [2.24, 2.45) is 0 Å². The van der Waals surface area contributed by atoms with E-state index in [1.807, 2.05) is 55.4 Å². The third-order valence-corrected chi connectivity index (χ3v) is 2.91. The Morgan fingerprint density at radius 2 is 1.60 bits per heavy atom. The number of pyridine rings is 1. The Morgan fingerprint density at radius 1 is 1.00 bits per heavy atom. The monoisotopic (exact) mass is 397 g/mol. The number of nitrogens with zero attached hydrogens (tertiary/aromatic N) is 1. The van der Waals surface area contributed by atoms with Crippen LogP contribution in [0.4, 0.5) is 0 Å². The molecule has 4 nitrogen and oxygen atoms in total. The van der Waals surface area contributed by atoms with Crippen molar-refractivity contribution in [1.82, 2.24) is 4.98 Å². The normalized spacial score (nSPS) is 10.2. The van der Waals surface area contributed by atoms with Gasteiger partial charge in [-0.25, -0.2) is 0 Å². The lowest BCUT2D eigenvalue weighted by Crippen LogP contribution is -2.19. The largest absolute Gasteiger partial charge is 0.488 e. The molecular weight excluding hydrogens is 361 g/mol. The molecule has 0 amide bonds. The van der Waals surface area contributed by atoms with Gasteiger partial charge in [-0.2, -0.15) is 0 Å². The summed E-state index contributed by atoms with van der Waals surface area (Å²) in [5.74, 6) is 0.860. The first kappa shape index (κ1) is 29.2. The maximum atomic E-state index is 6.04. The zero-order valence-corrected chi connectivity index (χ0v) is 18.7. The Labute approximate surface area is 165 Å². The molecule has 0 aromatic carbocycles. The second-order valence-electron chi connectivity index (χ2n) is 3.75. The van der Waals surface area contributed by atoms with Crippen molar-refractivity contribution < 1.29 is 14.2 Å². The van der Waals surface area contributed by atoms with Gasteiger partial charge in [0.2, 0.25) is 0 Å². The number of alkyl halides is 1. The summed E-state index contributed by atoms with van der Waals surface area (Å²) in [6, 6.07) is 1.69. The van der Waals surface area contributed by atoms with Crippen molar-refractivity contribution in [3.8, 4) is 5.75 Å². The molecule has 1 aromatic heterocycles. The molecule has 1 atom stereocenters. The van der Waals surface area contributed by atoms with Crippen molar-refractivity contribution in [3.63, 3.8) is 0 Å². The molecule has 0 fully saturated rings. The van der Waals surface area contributed by atoms with Crippen molar-refractivity contribution in [2.75, 3.05) is 19.8 Å². The van der Waals surface area contributed by atoms with Gasteiger partial charge in [0.25, 0.3) is 0 Å². The average molecular weight is 398 g/mol. The summed E-state index contributed by atoms with van der Waals surface area (Å²) in [6.07, 6.45) is 2.20. The van der Waals surface area contributed by atoms with Gasteiger partial charge in [-0.3, -0.25) is 4.98 Å². The third kappa shape index (κ3) is 15.4. The van der Waals surface area contributed by atoms with Gasteiger partial charge in [-0.1, -0.05) is 60.1 Å². The molecular formula is C19H37Cl2NO3. The maximum absolute atomic E-state index is 6.04. The second-order valence-corrected chi connectivity index (χ2v) is 4.43. The minimum absolute atomic E-state index is 0.180. The Morgan fingerprint density at radius 3 is 2.04 bits per heavy atom. The fourth-order valence-corrected chi connectivity index (χ4v) is 1.81. The van der Waals surface area contributed by atoms with Crippen LogP contribution in [0.1, 0.15) is 67.5 Å². The van der Waals surface area contributed by atoms with Gasteiger partial charge in [0, 0.05) is 6.61 Å². The van der Waals surface area contributed by atoms with Crippen LogP contribution in [0.5, 0.6) is 5.75 Å². The van der Waals surface area contributed by atoms with Gasteiger partial charge in [-0.05, 0) is 19.4 Å². The lowest BCUT2D eigenvalue weighted by atomic mass is 10.4. The highest BCUT2D eigenvalue weighted by atomic mass is 35.5. The van der Waals surface area contributed by atoms with Gasteiger partial charge >= 0.3 is 0 Å². The molecule has 6 heteroatoms. The Kier molecular flexibility index (Phi) is 27.4. The zero-order chi connectivity index (χ0) is 20.1. The number of ether oxygens (including phenoxy) is 3. The molecule has 1 heterocycles. The number of rotatable bonds is 9. The van der Waals surface area contributed by atoms with Gasteiger partial charge in [0.15, 0.2) is 12.0 Å². The highest BCUT2D eigenvalue weighted by molar-refractivity contribution is 6.32. The summed E-state index contributed by atoms with van der Waals surface area (Å²) in [7, 11) is 0. The van der Waals surface area contributed by atoms with E-state index >= 15 is 0 Å². The zero-order valence-electron chi connectivity index (χ0n) is 17.2. The first-order valence-electron chi connectivity index (χ1n) is 9.27. The molecule has 25 heavy (non-hydrogen) atoms. The summed E-state index contributed by atoms with van der Waals surface area (Å²) in [5, 5.41) is 0.502. The summed E-state index contributed by atoms with van der Waals surface area (Å²) in [6.45, 7) is 17.4. The number of halogens is 2. The average Bonchev–Trinajstić information content (AvgIpc) is 2.69. The van der Waals surface area contributed by atoms with Crippen molar-refractivity contribution in [3.05, 3.63) is 23.0 Å². The van der Waals surface area contributed by atoms with E-state index in [-0.39, 0.29) is 6.29 Å². The van der Waals surface area contributed by atoms with Crippen LogP contribution < -0.4 is 4.74 Å². The first-order chi connectivity index (χ1) is 12.2. The van der Waals surface area contributed by atoms with E-state index in [1.165, 1.54) is 0 Å². The second kappa shape index (κ2) is 23.4. The van der Waals surface area contributed by atoms with Crippen LogP contribution in [0.2, 0.25) is 5.02 Å². The van der Waals surface area contributed by atoms with Gasteiger partial charge in [-0.15, -0.1) is 11.6 Å². The smallest absolute Gasteiger partial charge is 0.157 e. The van der Waals surface area contributed by atoms with E-state index < -0.39 is 0 Å². The van der Waals surface area contributed by atoms with Crippen LogP contribution in [0.3, 0.4) is 0 Å². The molecule has 0 saturated heterocycles. The molecule has 0 radical (unpaired) electrons. The van der Waals surface area contributed by atoms with E-state index in [9.17, 15) is 0 Å². The first-order valence-corrected chi connectivity index (χ1v) is 10.2. The van der Waals surface area contributed by atoms with E-state index in [0.717, 1.165) is 12.1 Å². The molecule has 0 aliphatic heterocycles. The van der Waals surface area contributed by atoms with Crippen LogP contribution in [0, 0.1) is 0 Å². The summed E-state index contributed by atoms with van der Waals surface area (Å²) in [5.41, 5.74) is 0.720. The third-order valence-electron chi connectivity index (χ3n) is 2.34. The minimum atomic E-state index is -0.180. The van der Waals surface area contributed by atoms with Gasteiger partial charge < -0.3 is 14.2 Å². The highest BCUT2D eigenvalue weighted by Crippen LogP contribution is 2.24. The molecule has 1 rings (SSSR count). The van der Waals surface area contributed by atoms with E-state index in [2.05, 4.69) is 4.98 Å². The Balaban J connectivity index is -0.000000725. The molecule has 0 spiro atoms. The topological polar surface area (TPSA) is 40.6 Å². The molecule has 0 aliphatic carbocycles. The van der Waals surface area contributed by atoms with Crippen LogP contribution >= 0.6 is 23.2 Å². The minimum Gasteiger partial charge on any atom is -0.488 e. The molecule has 0 bridgehead atoms. The van der Waals surface area contributed by atoms with Crippen LogP contribution in [0.25, 0.3) is 0 Å². The highest BCUT2D eigenvalue weighted by Gasteiger charge is 2.07. The summed E-state index contributed by atoms with van der Waals surface area (Å²) >= 11 is 11.7. The van der Waals surface area contributed by atoms with Gasteiger partial charge in [0.1, 0.15) is 6.61 Å². The van der Waals surface area contributed by atoms with Crippen LogP contribution in [-0.4, -0.2) is 31.1 Å². The lowest BCUT2D eigenvalue weighted by molar-refractivity contribution is -0.144. The van der Waals surface area contributed by atoms with E-state index in [1.54, 1.807) is 12.3 Å². The number of hydrogen-bond acceptors (Lipinski definition) is 4. The fourth-order valence-electron chi connectivity index (χ4n) is 1.44. The van der Waals surface area contributed by atoms with Crippen molar-refractivity contribution in [2.45, 2.75) is 74.0 Å². The number of aromatic nitrogens is 1. The van der Waals surface area contributed by atoms with Crippen molar-refractivity contribution >= 4 is 23.2 Å². The SMILES string of the molecule is CC.CC.CC.CCOC(CC)OCCOc1cnc(CCl)cc1Cl. The number of hydrogen-bond donors (Lipinski definition) is 0. The predicted molar refractivity (Wildman–Crippen MR) is 110 cm³/mol. The lowest BCUT2D eigenvalue weighted by Gasteiger charge is -2.16. The van der Waals surface area contributed by atoms with Gasteiger partial charge in [0.05, 0.1) is 29.4 Å². The van der Waals surface area contributed by atoms with Crippen LogP contribution in [-0.2, 0) is 15.4 Å². The maximum Gasteiger partial charge on any atom is 0.157 e. The van der Waals surface area contributed by atoms with E-state index in [0.29, 0.717) is 36.5 Å². The van der Waals surface area contributed by atoms with E-state index in [4.69, 9.17) is 37.4 Å². The molecule has 0 N–H and O–H groups in total. The Bertz CT molecular complexity index is 380. The standard InChI is InChI=1S/C13H19Cl2NO3.3C2H6/c1-3-13(17-4-2)19-6-5-18-12-9-16-10(8-14)7-11(12)15;3*1-2/h7,9,13H,3-6,8H2,1-2H3;3*1-2H3. The molecule has 0 aliphatic rings. The molecule has 1 unspecified atom stereocenters. The van der Waals surface area contributed by atoms with Crippen LogP contribution in [0.15, 0.2) is 12.3 Å². The molecule has 0 saturated carbocycles. The Hall–Kier alpha value is -0.550. The summed E-state index contributed by atoms with van der Waals surface area (Å²) < 4.78 is 16.4. The predicted octanol–water partition coefficient (Wildman–Crippen LogP) is 6.72. The summed E-state index contributed by atoms with van der Waals surface area (Å²) in [4.78, 5) is 4.11. The van der Waals surface area contributed by atoms with Crippen molar-refractivity contribution in [1.29, 1.82) is 0 Å².